The Balaban J connectivity index is 1.76. The highest BCUT2D eigenvalue weighted by Crippen LogP contribution is 2.42. The molecule has 0 saturated carbocycles. The van der Waals surface area contributed by atoms with Gasteiger partial charge in [0.2, 0.25) is 0 Å². The lowest BCUT2D eigenvalue weighted by molar-refractivity contribution is 0.0239. The van der Waals surface area contributed by atoms with Crippen LogP contribution in [-0.4, -0.2) is 42.1 Å². The fourth-order valence-electron chi connectivity index (χ4n) is 3.57. The Morgan fingerprint density at radius 1 is 1.25 bits per heavy atom. The lowest BCUT2D eigenvalue weighted by atomic mass is 9.95. The first-order valence-electron chi connectivity index (χ1n) is 9.31. The average Bonchev–Trinajstić information content (AvgIpc) is 3.35. The Hall–Kier alpha value is -2.06. The van der Waals surface area contributed by atoms with Gasteiger partial charge in [0.1, 0.15) is 5.00 Å². The van der Waals surface area contributed by atoms with E-state index in [0.717, 1.165) is 41.7 Å². The van der Waals surface area contributed by atoms with Crippen molar-refractivity contribution in [3.8, 4) is 0 Å². The lowest BCUT2D eigenvalue weighted by Gasteiger charge is -2.35. The average molecular weight is 414 g/mol. The molecule has 4 heterocycles. The van der Waals surface area contributed by atoms with Gasteiger partial charge < -0.3 is 10.1 Å². The molecule has 3 aromatic heterocycles. The molecular formula is C21H23N3O2S2. The number of anilines is 1. The molecule has 1 saturated heterocycles. The zero-order valence-corrected chi connectivity index (χ0v) is 17.6. The highest BCUT2D eigenvalue weighted by molar-refractivity contribution is 7.17. The molecule has 3 aromatic rings. The van der Waals surface area contributed by atoms with E-state index in [1.807, 2.05) is 29.8 Å². The summed E-state index contributed by atoms with van der Waals surface area (Å²) in [7, 11) is 0. The van der Waals surface area contributed by atoms with Crippen LogP contribution in [0.2, 0.25) is 0 Å². The Kier molecular flexibility index (Phi) is 5.87. The highest BCUT2D eigenvalue weighted by atomic mass is 32.1. The largest absolute Gasteiger partial charge is 0.379 e. The summed E-state index contributed by atoms with van der Waals surface area (Å²) in [5.41, 5.74) is 3.53. The van der Waals surface area contributed by atoms with Crippen molar-refractivity contribution in [2.75, 3.05) is 31.6 Å². The summed E-state index contributed by atoms with van der Waals surface area (Å²) in [4.78, 5) is 21.5. The number of aromatic nitrogens is 1. The first-order valence-corrected chi connectivity index (χ1v) is 11.0. The van der Waals surface area contributed by atoms with Crippen LogP contribution >= 0.6 is 22.7 Å². The van der Waals surface area contributed by atoms with E-state index in [4.69, 9.17) is 4.74 Å². The summed E-state index contributed by atoms with van der Waals surface area (Å²) in [6.07, 6.45) is 3.72. The molecule has 4 rings (SSSR count). The van der Waals surface area contributed by atoms with E-state index >= 15 is 0 Å². The van der Waals surface area contributed by atoms with Crippen molar-refractivity contribution in [2.24, 2.45) is 0 Å². The molecule has 0 radical (unpaired) electrons. The minimum absolute atomic E-state index is 0.0428. The number of hydrogen-bond donors (Lipinski definition) is 1. The molecule has 1 aliphatic rings. The predicted octanol–water partition coefficient (Wildman–Crippen LogP) is 4.50. The van der Waals surface area contributed by atoms with Crippen molar-refractivity contribution in [3.05, 3.63) is 68.5 Å². The number of carbonyl (C=O) groups excluding carboxylic acids is 1. The lowest BCUT2D eigenvalue weighted by Crippen LogP contribution is -2.40. The van der Waals surface area contributed by atoms with Gasteiger partial charge in [0, 0.05) is 35.9 Å². The standard InChI is InChI=1S/C21H23N3O2S2/c1-14-15(2)28-21(23-20(25)17-6-4-12-27-17)18(14)19(16-5-3-7-22-13-16)24-8-10-26-11-9-24/h3-7,12-13,19H,8-11H2,1-2H3,(H,23,25)/t19-/m0/s1. The smallest absolute Gasteiger partial charge is 0.266 e. The third-order valence-corrected chi connectivity index (χ3v) is 7.10. The Labute approximate surface area is 173 Å². The van der Waals surface area contributed by atoms with Crippen LogP contribution in [0.1, 0.15) is 37.3 Å². The van der Waals surface area contributed by atoms with Gasteiger partial charge in [-0.05, 0) is 42.5 Å². The van der Waals surface area contributed by atoms with Crippen LogP contribution < -0.4 is 5.32 Å². The van der Waals surface area contributed by atoms with E-state index < -0.39 is 0 Å². The van der Waals surface area contributed by atoms with Gasteiger partial charge in [0.25, 0.3) is 5.91 Å². The first-order chi connectivity index (χ1) is 13.6. The second kappa shape index (κ2) is 8.53. The van der Waals surface area contributed by atoms with Crippen molar-refractivity contribution in [1.29, 1.82) is 0 Å². The van der Waals surface area contributed by atoms with Gasteiger partial charge >= 0.3 is 0 Å². The molecule has 1 atom stereocenters. The maximum absolute atomic E-state index is 12.7. The molecule has 0 unspecified atom stereocenters. The number of aryl methyl sites for hydroxylation is 1. The van der Waals surface area contributed by atoms with Gasteiger partial charge in [0.15, 0.2) is 0 Å². The van der Waals surface area contributed by atoms with Crippen molar-refractivity contribution >= 4 is 33.6 Å². The number of rotatable bonds is 5. The van der Waals surface area contributed by atoms with Crippen molar-refractivity contribution in [1.82, 2.24) is 9.88 Å². The molecule has 7 heteroatoms. The number of nitrogens with zero attached hydrogens (tertiary/aromatic N) is 2. The van der Waals surface area contributed by atoms with Crippen LogP contribution in [0.4, 0.5) is 5.00 Å². The number of amides is 1. The first kappa shape index (κ1) is 19.3. The van der Waals surface area contributed by atoms with Crippen LogP contribution in [0.25, 0.3) is 0 Å². The van der Waals surface area contributed by atoms with Gasteiger partial charge in [-0.2, -0.15) is 0 Å². The molecular weight excluding hydrogens is 390 g/mol. The zero-order chi connectivity index (χ0) is 19.5. The molecule has 1 amide bonds. The van der Waals surface area contributed by atoms with Crippen molar-refractivity contribution in [3.63, 3.8) is 0 Å². The normalized spacial score (nSPS) is 16.1. The van der Waals surface area contributed by atoms with Gasteiger partial charge in [-0.1, -0.05) is 12.1 Å². The molecule has 0 spiro atoms. The molecule has 5 nitrogen and oxygen atoms in total. The predicted molar refractivity (Wildman–Crippen MR) is 115 cm³/mol. The number of nitrogens with one attached hydrogen (secondary N) is 1. The zero-order valence-electron chi connectivity index (χ0n) is 16.0. The topological polar surface area (TPSA) is 54.5 Å². The van der Waals surface area contributed by atoms with Crippen LogP contribution in [0.3, 0.4) is 0 Å². The second-order valence-electron chi connectivity index (χ2n) is 6.79. The minimum Gasteiger partial charge on any atom is -0.379 e. The Bertz CT molecular complexity index is 932. The SMILES string of the molecule is Cc1sc(NC(=O)c2cccs2)c([C@H](c2cccnc2)N2CCOCC2)c1C. The summed E-state index contributed by atoms with van der Waals surface area (Å²) in [6.45, 7) is 7.40. The number of ether oxygens (including phenoxy) is 1. The highest BCUT2D eigenvalue weighted by Gasteiger charge is 2.30. The molecule has 0 aromatic carbocycles. The van der Waals surface area contributed by atoms with E-state index in [1.54, 1.807) is 17.5 Å². The van der Waals surface area contributed by atoms with Gasteiger partial charge in [-0.15, -0.1) is 22.7 Å². The monoisotopic (exact) mass is 413 g/mol. The van der Waals surface area contributed by atoms with Crippen LogP contribution in [-0.2, 0) is 4.74 Å². The summed E-state index contributed by atoms with van der Waals surface area (Å²) in [5.74, 6) is -0.0515. The van der Waals surface area contributed by atoms with Crippen molar-refractivity contribution < 1.29 is 9.53 Å². The number of morpholine rings is 1. The third kappa shape index (κ3) is 3.89. The van der Waals surface area contributed by atoms with E-state index in [9.17, 15) is 4.79 Å². The molecule has 146 valence electrons. The van der Waals surface area contributed by atoms with Crippen LogP contribution in [0.5, 0.6) is 0 Å². The second-order valence-corrected chi connectivity index (χ2v) is 8.97. The van der Waals surface area contributed by atoms with Crippen LogP contribution in [0.15, 0.2) is 42.0 Å². The molecule has 0 bridgehead atoms. The van der Waals surface area contributed by atoms with Crippen LogP contribution in [0, 0.1) is 13.8 Å². The van der Waals surface area contributed by atoms with E-state index in [-0.39, 0.29) is 11.9 Å². The quantitative estimate of drug-likeness (QED) is 0.669. The van der Waals surface area contributed by atoms with E-state index in [2.05, 4.69) is 35.1 Å². The number of pyridine rings is 1. The maximum atomic E-state index is 12.7. The molecule has 0 aliphatic carbocycles. The Morgan fingerprint density at radius 3 is 2.75 bits per heavy atom. The Morgan fingerprint density at radius 2 is 2.07 bits per heavy atom. The van der Waals surface area contributed by atoms with E-state index in [1.165, 1.54) is 27.3 Å². The molecule has 1 fully saturated rings. The third-order valence-electron chi connectivity index (χ3n) is 5.09. The van der Waals surface area contributed by atoms with Gasteiger partial charge in [-0.25, -0.2) is 0 Å². The van der Waals surface area contributed by atoms with Gasteiger partial charge in [0.05, 0.1) is 24.1 Å². The minimum atomic E-state index is -0.0515. The van der Waals surface area contributed by atoms with Gasteiger partial charge in [-0.3, -0.25) is 14.7 Å². The molecule has 28 heavy (non-hydrogen) atoms. The van der Waals surface area contributed by atoms with Crippen molar-refractivity contribution in [2.45, 2.75) is 19.9 Å². The summed E-state index contributed by atoms with van der Waals surface area (Å²) in [6, 6.07) is 7.89. The molecule has 1 aliphatic heterocycles. The summed E-state index contributed by atoms with van der Waals surface area (Å²) < 4.78 is 5.58. The number of thiophene rings is 2. The fraction of sp³-hybridized carbons (Fsp3) is 0.333. The molecule has 1 N–H and O–H groups in total. The summed E-state index contributed by atoms with van der Waals surface area (Å²) in [5, 5.41) is 6.02. The maximum Gasteiger partial charge on any atom is 0.266 e. The summed E-state index contributed by atoms with van der Waals surface area (Å²) >= 11 is 3.10. The van der Waals surface area contributed by atoms with E-state index in [0.29, 0.717) is 0 Å². The number of hydrogen-bond acceptors (Lipinski definition) is 6. The fourth-order valence-corrected chi connectivity index (χ4v) is 5.28. The number of carbonyl (C=O) groups is 1.